The van der Waals surface area contributed by atoms with E-state index in [2.05, 4.69) is 13.8 Å². The van der Waals surface area contributed by atoms with Crippen molar-refractivity contribution in [2.24, 2.45) is 0 Å². The lowest BCUT2D eigenvalue weighted by Crippen LogP contribution is -2.23. The zero-order chi connectivity index (χ0) is 31.6. The van der Waals surface area contributed by atoms with Crippen LogP contribution in [-0.2, 0) is 14.9 Å². The molecule has 0 aliphatic heterocycles. The predicted molar refractivity (Wildman–Crippen MR) is 171 cm³/mol. The van der Waals surface area contributed by atoms with E-state index in [0.29, 0.717) is 44.5 Å². The maximum absolute atomic E-state index is 13.8. The molecule has 2 aliphatic rings. The maximum atomic E-state index is 13.8. The van der Waals surface area contributed by atoms with Gasteiger partial charge >= 0.3 is 11.9 Å². The van der Waals surface area contributed by atoms with Crippen LogP contribution in [-0.4, -0.2) is 37.7 Å². The number of carbonyl (C=O) groups is 4. The van der Waals surface area contributed by atoms with Crippen molar-refractivity contribution in [3.8, 4) is 33.4 Å². The SMILES string of the molecule is COC(=O)c1ccccc1-c1cc(-c2ccccc2C(=O)OC)c2c(c1)-c1cc3c(cc1C2(C)C)C(=O)c1ccccc1C3=O. The molecule has 6 heteroatoms. The van der Waals surface area contributed by atoms with Gasteiger partial charge in [0, 0.05) is 27.7 Å². The van der Waals surface area contributed by atoms with Crippen molar-refractivity contribution in [1.82, 2.24) is 0 Å². The number of fused-ring (bicyclic) bond motifs is 5. The van der Waals surface area contributed by atoms with Crippen molar-refractivity contribution >= 4 is 23.5 Å². The molecule has 6 nitrogen and oxygen atoms in total. The Morgan fingerprint density at radius 1 is 0.511 bits per heavy atom. The van der Waals surface area contributed by atoms with Gasteiger partial charge in [-0.1, -0.05) is 74.5 Å². The van der Waals surface area contributed by atoms with E-state index in [1.165, 1.54) is 14.2 Å². The average Bonchev–Trinajstić information content (AvgIpc) is 3.30. The Kier molecular flexibility index (Phi) is 6.41. The monoisotopic (exact) mass is 592 g/mol. The van der Waals surface area contributed by atoms with Gasteiger partial charge in [0.1, 0.15) is 0 Å². The van der Waals surface area contributed by atoms with Crippen LogP contribution in [0.5, 0.6) is 0 Å². The Bertz CT molecular complexity index is 2130. The van der Waals surface area contributed by atoms with Crippen molar-refractivity contribution in [2.45, 2.75) is 19.3 Å². The van der Waals surface area contributed by atoms with E-state index in [4.69, 9.17) is 9.47 Å². The fourth-order valence-corrected chi connectivity index (χ4v) is 6.94. The van der Waals surface area contributed by atoms with Crippen LogP contribution >= 0.6 is 0 Å². The first kappa shape index (κ1) is 28.2. The highest BCUT2D eigenvalue weighted by molar-refractivity contribution is 6.29. The minimum atomic E-state index is -0.626. The Labute approximate surface area is 260 Å². The molecule has 220 valence electrons. The molecule has 5 aromatic rings. The zero-order valence-corrected chi connectivity index (χ0v) is 25.2. The summed E-state index contributed by atoms with van der Waals surface area (Å²) in [5.74, 6) is -1.32. The van der Waals surface area contributed by atoms with Crippen LogP contribution in [0, 0.1) is 0 Å². The highest BCUT2D eigenvalue weighted by Gasteiger charge is 2.42. The normalized spacial score (nSPS) is 13.8. The molecule has 0 spiro atoms. The van der Waals surface area contributed by atoms with E-state index in [0.717, 1.165) is 33.4 Å². The molecule has 0 fully saturated rings. The van der Waals surface area contributed by atoms with Gasteiger partial charge in [-0.25, -0.2) is 9.59 Å². The largest absolute Gasteiger partial charge is 0.465 e. The standard InChI is InChI=1S/C39H28O6/c1-39(2)33-20-32-31(35(40)24-13-7-8-14-25(24)36(32)41)19-28(33)30-18-21(22-11-5-9-15-26(22)37(42)44-3)17-29(34(30)39)23-12-6-10-16-27(23)38(43)45-4/h5-20H,1-4H3. The van der Waals surface area contributed by atoms with Gasteiger partial charge in [-0.2, -0.15) is 0 Å². The second kappa shape index (κ2) is 10.2. The lowest BCUT2D eigenvalue weighted by molar-refractivity contribution is 0.0592. The zero-order valence-electron chi connectivity index (χ0n) is 25.2. The second-order valence-corrected chi connectivity index (χ2v) is 11.8. The molecule has 0 amide bonds. The van der Waals surface area contributed by atoms with Crippen LogP contribution in [0.3, 0.4) is 0 Å². The first-order valence-electron chi connectivity index (χ1n) is 14.6. The van der Waals surface area contributed by atoms with Gasteiger partial charge in [0.15, 0.2) is 11.6 Å². The molecule has 0 bridgehead atoms. The van der Waals surface area contributed by atoms with Crippen LogP contribution in [0.1, 0.15) is 77.5 Å². The predicted octanol–water partition coefficient (Wildman–Crippen LogP) is 7.68. The molecule has 5 aromatic carbocycles. The Morgan fingerprint density at radius 3 is 1.51 bits per heavy atom. The van der Waals surface area contributed by atoms with Crippen molar-refractivity contribution in [3.05, 3.63) is 142 Å². The highest BCUT2D eigenvalue weighted by Crippen LogP contribution is 2.55. The van der Waals surface area contributed by atoms with E-state index in [1.807, 2.05) is 48.5 Å². The molecule has 0 radical (unpaired) electrons. The summed E-state index contributed by atoms with van der Waals surface area (Å²) >= 11 is 0. The highest BCUT2D eigenvalue weighted by atomic mass is 16.5. The third-order valence-electron chi connectivity index (χ3n) is 9.06. The maximum Gasteiger partial charge on any atom is 0.338 e. The quantitative estimate of drug-likeness (QED) is 0.195. The summed E-state index contributed by atoms with van der Waals surface area (Å²) in [5, 5.41) is 0. The summed E-state index contributed by atoms with van der Waals surface area (Å²) in [4.78, 5) is 53.3. The van der Waals surface area contributed by atoms with Crippen molar-refractivity contribution in [3.63, 3.8) is 0 Å². The molecule has 0 heterocycles. The number of ketones is 2. The van der Waals surface area contributed by atoms with Gasteiger partial charge < -0.3 is 9.47 Å². The molecule has 0 atom stereocenters. The van der Waals surface area contributed by atoms with Crippen LogP contribution in [0.15, 0.2) is 97.1 Å². The summed E-state index contributed by atoms with van der Waals surface area (Å²) in [6.07, 6.45) is 0. The minimum Gasteiger partial charge on any atom is -0.465 e. The van der Waals surface area contributed by atoms with Gasteiger partial charge in [-0.05, 0) is 80.9 Å². The van der Waals surface area contributed by atoms with E-state index in [1.54, 1.807) is 48.5 Å². The molecule has 7 rings (SSSR count). The van der Waals surface area contributed by atoms with E-state index in [9.17, 15) is 19.2 Å². The van der Waals surface area contributed by atoms with E-state index in [-0.39, 0.29) is 11.6 Å². The van der Waals surface area contributed by atoms with Crippen molar-refractivity contribution < 1.29 is 28.7 Å². The summed E-state index contributed by atoms with van der Waals surface area (Å²) in [5.41, 5.74) is 8.05. The van der Waals surface area contributed by atoms with Crippen LogP contribution in [0.2, 0.25) is 0 Å². The molecule has 0 aromatic heterocycles. The number of carbonyl (C=O) groups excluding carboxylic acids is 4. The summed E-state index contributed by atoms with van der Waals surface area (Å²) < 4.78 is 10.3. The molecular weight excluding hydrogens is 564 g/mol. The lowest BCUT2D eigenvalue weighted by atomic mass is 9.76. The van der Waals surface area contributed by atoms with Gasteiger partial charge in [-0.15, -0.1) is 0 Å². The van der Waals surface area contributed by atoms with Crippen LogP contribution in [0.4, 0.5) is 0 Å². The molecular formula is C39H28O6. The molecule has 0 N–H and O–H groups in total. The number of methoxy groups -OCH3 is 2. The van der Waals surface area contributed by atoms with Gasteiger partial charge in [-0.3, -0.25) is 9.59 Å². The number of hydrogen-bond acceptors (Lipinski definition) is 6. The number of esters is 2. The number of hydrogen-bond donors (Lipinski definition) is 0. The van der Waals surface area contributed by atoms with Gasteiger partial charge in [0.2, 0.25) is 0 Å². The molecule has 2 aliphatic carbocycles. The lowest BCUT2D eigenvalue weighted by Gasteiger charge is -2.27. The fourth-order valence-electron chi connectivity index (χ4n) is 6.94. The third kappa shape index (κ3) is 4.09. The Morgan fingerprint density at radius 2 is 0.956 bits per heavy atom. The second-order valence-electron chi connectivity index (χ2n) is 11.8. The smallest absolute Gasteiger partial charge is 0.338 e. The molecule has 0 saturated heterocycles. The average molecular weight is 593 g/mol. The Hall–Kier alpha value is -5.62. The topological polar surface area (TPSA) is 86.7 Å². The summed E-state index contributed by atoms with van der Waals surface area (Å²) in [6.45, 7) is 4.17. The molecule has 45 heavy (non-hydrogen) atoms. The van der Waals surface area contributed by atoms with E-state index < -0.39 is 17.4 Å². The number of ether oxygens (including phenoxy) is 2. The van der Waals surface area contributed by atoms with Crippen LogP contribution < -0.4 is 0 Å². The third-order valence-corrected chi connectivity index (χ3v) is 9.06. The summed E-state index contributed by atoms with van der Waals surface area (Å²) in [7, 11) is 2.70. The van der Waals surface area contributed by atoms with Crippen molar-refractivity contribution in [1.29, 1.82) is 0 Å². The number of benzene rings is 5. The fraction of sp³-hybridized carbons (Fsp3) is 0.128. The van der Waals surface area contributed by atoms with Crippen molar-refractivity contribution in [2.75, 3.05) is 14.2 Å². The van der Waals surface area contributed by atoms with E-state index >= 15 is 0 Å². The van der Waals surface area contributed by atoms with Crippen LogP contribution in [0.25, 0.3) is 33.4 Å². The molecule has 0 saturated carbocycles. The molecule has 0 unspecified atom stereocenters. The minimum absolute atomic E-state index is 0.182. The summed E-state index contributed by atoms with van der Waals surface area (Å²) in [6, 6.07) is 29.1. The van der Waals surface area contributed by atoms with Gasteiger partial charge in [0.25, 0.3) is 0 Å². The first-order valence-corrected chi connectivity index (χ1v) is 14.6. The van der Waals surface area contributed by atoms with Gasteiger partial charge in [0.05, 0.1) is 25.3 Å². The first-order chi connectivity index (χ1) is 21.7. The number of rotatable bonds is 4. The Balaban J connectivity index is 1.56.